The second-order valence-corrected chi connectivity index (χ2v) is 7.85. The van der Waals surface area contributed by atoms with E-state index in [1.807, 2.05) is 18.2 Å². The van der Waals surface area contributed by atoms with Crippen LogP contribution in [0.5, 0.6) is 0 Å². The van der Waals surface area contributed by atoms with Crippen LogP contribution < -0.4 is 5.32 Å². The number of benzene rings is 2. The summed E-state index contributed by atoms with van der Waals surface area (Å²) in [7, 11) is 0. The Morgan fingerprint density at radius 1 is 1.04 bits per heavy atom. The summed E-state index contributed by atoms with van der Waals surface area (Å²) in [5, 5.41) is 5.61. The average Bonchev–Trinajstić information content (AvgIpc) is 3.45. The summed E-state index contributed by atoms with van der Waals surface area (Å²) in [5.74, 6) is 0.883. The van der Waals surface area contributed by atoms with Crippen molar-refractivity contribution in [1.82, 2.24) is 9.47 Å². The first-order valence-electron chi connectivity index (χ1n) is 9.49. The van der Waals surface area contributed by atoms with Gasteiger partial charge in [0.1, 0.15) is 0 Å². The van der Waals surface area contributed by atoms with Crippen LogP contribution in [0.2, 0.25) is 0 Å². The van der Waals surface area contributed by atoms with Crippen molar-refractivity contribution in [3.05, 3.63) is 65.9 Å². The first-order valence-corrected chi connectivity index (χ1v) is 9.90. The number of thiocarbonyl (C=S) groups is 1. The van der Waals surface area contributed by atoms with Gasteiger partial charge in [-0.15, -0.1) is 0 Å². The SMILES string of the molecule is S=C(Nc1ccccc1)N1CCc2c(c3ccccc3n2CC2CC2)C1. The number of para-hydroxylation sites is 2. The minimum atomic E-state index is 0.820. The zero-order chi connectivity index (χ0) is 17.5. The highest BCUT2D eigenvalue weighted by atomic mass is 32.1. The molecular weight excluding hydrogens is 338 g/mol. The Morgan fingerprint density at radius 3 is 2.62 bits per heavy atom. The minimum Gasteiger partial charge on any atom is -0.344 e. The molecule has 132 valence electrons. The summed E-state index contributed by atoms with van der Waals surface area (Å²) >= 11 is 5.70. The van der Waals surface area contributed by atoms with E-state index in [0.717, 1.165) is 36.2 Å². The van der Waals surface area contributed by atoms with Crippen LogP contribution in [-0.4, -0.2) is 21.1 Å². The van der Waals surface area contributed by atoms with Crippen molar-refractivity contribution in [2.24, 2.45) is 5.92 Å². The molecule has 1 fully saturated rings. The molecule has 0 bridgehead atoms. The van der Waals surface area contributed by atoms with E-state index in [1.54, 1.807) is 0 Å². The van der Waals surface area contributed by atoms with Gasteiger partial charge in [-0.05, 0) is 49.2 Å². The minimum absolute atomic E-state index is 0.820. The van der Waals surface area contributed by atoms with Crippen molar-refractivity contribution >= 4 is 33.9 Å². The molecule has 3 aromatic rings. The van der Waals surface area contributed by atoms with E-state index >= 15 is 0 Å². The molecular formula is C22H23N3S. The molecule has 2 aliphatic rings. The van der Waals surface area contributed by atoms with Crippen molar-refractivity contribution in [2.75, 3.05) is 11.9 Å². The van der Waals surface area contributed by atoms with Crippen molar-refractivity contribution in [3.8, 4) is 0 Å². The summed E-state index contributed by atoms with van der Waals surface area (Å²) in [6.45, 7) is 3.06. The molecule has 0 amide bonds. The second kappa shape index (κ2) is 6.44. The first-order chi connectivity index (χ1) is 12.8. The van der Waals surface area contributed by atoms with Crippen molar-refractivity contribution in [2.45, 2.75) is 32.4 Å². The fourth-order valence-corrected chi connectivity index (χ4v) is 4.34. The maximum absolute atomic E-state index is 5.70. The van der Waals surface area contributed by atoms with Gasteiger partial charge in [-0.1, -0.05) is 36.4 Å². The van der Waals surface area contributed by atoms with Crippen molar-refractivity contribution in [1.29, 1.82) is 0 Å². The van der Waals surface area contributed by atoms with Gasteiger partial charge in [0.2, 0.25) is 0 Å². The maximum atomic E-state index is 5.70. The van der Waals surface area contributed by atoms with Crippen LogP contribution in [-0.2, 0) is 19.5 Å². The van der Waals surface area contributed by atoms with Gasteiger partial charge in [-0.2, -0.15) is 0 Å². The lowest BCUT2D eigenvalue weighted by atomic mass is 10.0. The molecule has 0 spiro atoms. The van der Waals surface area contributed by atoms with Gasteiger partial charge in [-0.3, -0.25) is 0 Å². The van der Waals surface area contributed by atoms with Crippen LogP contribution in [0.15, 0.2) is 54.6 Å². The van der Waals surface area contributed by atoms with Crippen LogP contribution in [0.3, 0.4) is 0 Å². The number of aromatic nitrogens is 1. The van der Waals surface area contributed by atoms with Gasteiger partial charge in [0.25, 0.3) is 0 Å². The third-order valence-corrected chi connectivity index (χ3v) is 5.97. The second-order valence-electron chi connectivity index (χ2n) is 7.46. The molecule has 1 N–H and O–H groups in total. The van der Waals surface area contributed by atoms with E-state index in [4.69, 9.17) is 12.2 Å². The zero-order valence-corrected chi connectivity index (χ0v) is 15.6. The highest BCUT2D eigenvalue weighted by molar-refractivity contribution is 7.80. The molecule has 2 aromatic carbocycles. The zero-order valence-electron chi connectivity index (χ0n) is 14.8. The summed E-state index contributed by atoms with van der Waals surface area (Å²) in [6, 6.07) is 19.1. The number of fused-ring (bicyclic) bond motifs is 3. The number of nitrogens with one attached hydrogen (secondary N) is 1. The maximum Gasteiger partial charge on any atom is 0.173 e. The number of rotatable bonds is 3. The molecule has 0 radical (unpaired) electrons. The normalized spacial score (nSPS) is 16.5. The molecule has 1 aliphatic carbocycles. The molecule has 1 saturated carbocycles. The van der Waals surface area contributed by atoms with E-state index in [0.29, 0.717) is 0 Å². The fourth-order valence-electron chi connectivity index (χ4n) is 4.07. The average molecular weight is 362 g/mol. The predicted molar refractivity (Wildman–Crippen MR) is 111 cm³/mol. The Bertz CT molecular complexity index is 956. The predicted octanol–water partition coefficient (Wildman–Crippen LogP) is 4.81. The van der Waals surface area contributed by atoms with E-state index in [9.17, 15) is 0 Å². The van der Waals surface area contributed by atoms with Crippen molar-refractivity contribution in [3.63, 3.8) is 0 Å². The number of hydrogen-bond acceptors (Lipinski definition) is 1. The lowest BCUT2D eigenvalue weighted by Crippen LogP contribution is -2.39. The molecule has 0 atom stereocenters. The highest BCUT2D eigenvalue weighted by Gasteiger charge is 2.28. The largest absolute Gasteiger partial charge is 0.344 e. The monoisotopic (exact) mass is 361 g/mol. The molecule has 26 heavy (non-hydrogen) atoms. The lowest BCUT2D eigenvalue weighted by Gasteiger charge is -2.30. The van der Waals surface area contributed by atoms with Crippen molar-refractivity contribution < 1.29 is 0 Å². The van der Waals surface area contributed by atoms with E-state index in [2.05, 4.69) is 51.2 Å². The van der Waals surface area contributed by atoms with E-state index < -0.39 is 0 Å². The standard InChI is InChI=1S/C22H23N3S/c26-22(23-17-6-2-1-3-7-17)24-13-12-21-19(15-24)18-8-4-5-9-20(18)25(21)14-16-10-11-16/h1-9,16H,10-15H2,(H,23,26). The van der Waals surface area contributed by atoms with Crippen LogP contribution in [0.4, 0.5) is 5.69 Å². The lowest BCUT2D eigenvalue weighted by molar-refractivity contribution is 0.391. The highest BCUT2D eigenvalue weighted by Crippen LogP contribution is 2.36. The van der Waals surface area contributed by atoms with Gasteiger partial charge < -0.3 is 14.8 Å². The Morgan fingerprint density at radius 2 is 1.81 bits per heavy atom. The van der Waals surface area contributed by atoms with Crippen LogP contribution >= 0.6 is 12.2 Å². The molecule has 0 unspecified atom stereocenters. The summed E-state index contributed by atoms with van der Waals surface area (Å²) in [5.41, 5.74) is 5.44. The molecule has 1 aromatic heterocycles. The number of nitrogens with zero attached hydrogens (tertiary/aromatic N) is 2. The van der Waals surface area contributed by atoms with Crippen LogP contribution in [0, 0.1) is 5.92 Å². The quantitative estimate of drug-likeness (QED) is 0.676. The molecule has 2 heterocycles. The molecule has 3 nitrogen and oxygen atoms in total. The Labute approximate surface area is 159 Å². The Hall–Kier alpha value is -2.33. The molecule has 0 saturated heterocycles. The summed E-state index contributed by atoms with van der Waals surface area (Å²) in [4.78, 5) is 2.30. The van der Waals surface area contributed by atoms with E-state index in [1.165, 1.54) is 41.5 Å². The number of hydrogen-bond donors (Lipinski definition) is 1. The number of anilines is 1. The summed E-state index contributed by atoms with van der Waals surface area (Å²) in [6.07, 6.45) is 3.84. The smallest absolute Gasteiger partial charge is 0.173 e. The van der Waals surface area contributed by atoms with Gasteiger partial charge in [0.15, 0.2) is 5.11 Å². The van der Waals surface area contributed by atoms with Gasteiger partial charge in [0.05, 0.1) is 0 Å². The fraction of sp³-hybridized carbons (Fsp3) is 0.318. The van der Waals surface area contributed by atoms with Gasteiger partial charge in [-0.25, -0.2) is 0 Å². The third kappa shape index (κ3) is 2.88. The van der Waals surface area contributed by atoms with E-state index in [-0.39, 0.29) is 0 Å². The molecule has 1 aliphatic heterocycles. The van der Waals surface area contributed by atoms with Gasteiger partial charge in [0, 0.05) is 53.9 Å². The Kier molecular flexibility index (Phi) is 3.93. The molecule has 4 heteroatoms. The molecule has 5 rings (SSSR count). The van der Waals surface area contributed by atoms with Gasteiger partial charge >= 0.3 is 0 Å². The van der Waals surface area contributed by atoms with Crippen LogP contribution in [0.25, 0.3) is 10.9 Å². The van der Waals surface area contributed by atoms with Crippen LogP contribution in [0.1, 0.15) is 24.1 Å². The topological polar surface area (TPSA) is 20.2 Å². The third-order valence-electron chi connectivity index (χ3n) is 5.61. The first kappa shape index (κ1) is 15.9. The summed E-state index contributed by atoms with van der Waals surface area (Å²) < 4.78 is 2.59. The Balaban J connectivity index is 1.44.